The molecule has 1 aliphatic heterocycles. The van der Waals surface area contributed by atoms with Gasteiger partial charge >= 0.3 is 0 Å². The van der Waals surface area contributed by atoms with Crippen molar-refractivity contribution in [3.05, 3.63) is 53.2 Å². The number of benzene rings is 1. The maximum Gasteiger partial charge on any atom is 0.219 e. The van der Waals surface area contributed by atoms with Crippen LogP contribution in [-0.2, 0) is 4.74 Å². The Morgan fingerprint density at radius 1 is 1.23 bits per heavy atom. The van der Waals surface area contributed by atoms with E-state index in [1.165, 1.54) is 0 Å². The third-order valence-corrected chi connectivity index (χ3v) is 4.19. The summed E-state index contributed by atoms with van der Waals surface area (Å²) >= 11 is 5.85. The van der Waals surface area contributed by atoms with E-state index in [9.17, 15) is 5.21 Å². The summed E-state index contributed by atoms with van der Waals surface area (Å²) in [7, 11) is 0. The fraction of sp³-hybridized carbons (Fsp3) is 0.333. The van der Waals surface area contributed by atoms with Crippen LogP contribution in [-0.4, -0.2) is 60.3 Å². The quantitative estimate of drug-likeness (QED) is 0.458. The number of halogens is 1. The van der Waals surface area contributed by atoms with Crippen LogP contribution < -0.4 is 10.2 Å². The van der Waals surface area contributed by atoms with E-state index in [4.69, 9.17) is 21.1 Å². The Morgan fingerprint density at radius 3 is 2.65 bits per heavy atom. The number of hydrogen-bond donors (Lipinski definition) is 2. The second-order valence-electron chi connectivity index (χ2n) is 5.74. The lowest BCUT2D eigenvalue weighted by Crippen LogP contribution is -2.38. The van der Waals surface area contributed by atoms with Gasteiger partial charge in [0.2, 0.25) is 5.88 Å². The Balaban J connectivity index is 1.57. The summed E-state index contributed by atoms with van der Waals surface area (Å²) in [5.41, 5.74) is 2.82. The Bertz CT molecular complexity index is 716. The lowest BCUT2D eigenvalue weighted by molar-refractivity contribution is 0.0394. The van der Waals surface area contributed by atoms with Gasteiger partial charge in [-0.1, -0.05) is 11.6 Å². The molecule has 138 valence electrons. The van der Waals surface area contributed by atoms with Gasteiger partial charge in [-0.25, -0.2) is 4.98 Å². The van der Waals surface area contributed by atoms with Crippen molar-refractivity contribution in [1.29, 1.82) is 0 Å². The molecule has 0 radical (unpaired) electrons. The standard InChI is InChI=1S/C18H21ClN4O3/c19-15-2-4-16(5-3-15)26-17-6-1-14(13-21-17)18(22-24)20-7-8-23-9-11-25-12-10-23/h1-6,13,24H,7-12H2,(H,20,22). The van der Waals surface area contributed by atoms with Gasteiger partial charge in [-0.15, -0.1) is 0 Å². The predicted octanol–water partition coefficient (Wildman–Crippen LogP) is 2.58. The molecule has 8 heteroatoms. The van der Waals surface area contributed by atoms with Gasteiger partial charge in [-0.05, 0) is 30.3 Å². The van der Waals surface area contributed by atoms with Crippen LogP contribution >= 0.6 is 11.6 Å². The van der Waals surface area contributed by atoms with Crippen molar-refractivity contribution >= 4 is 17.4 Å². The molecule has 0 amide bonds. The van der Waals surface area contributed by atoms with E-state index in [2.05, 4.69) is 20.4 Å². The highest BCUT2D eigenvalue weighted by Crippen LogP contribution is 2.21. The predicted molar refractivity (Wildman–Crippen MR) is 99.3 cm³/mol. The molecule has 3 rings (SSSR count). The molecule has 1 aliphatic rings. The lowest BCUT2D eigenvalue weighted by Gasteiger charge is -2.25. The van der Waals surface area contributed by atoms with Crippen LogP contribution in [0.3, 0.4) is 0 Å². The first-order chi connectivity index (χ1) is 12.7. The lowest BCUT2D eigenvalue weighted by atomic mass is 10.2. The number of hydrogen-bond acceptors (Lipinski definition) is 6. The van der Waals surface area contributed by atoms with Gasteiger partial charge in [-0.2, -0.15) is 0 Å². The van der Waals surface area contributed by atoms with Crippen molar-refractivity contribution < 1.29 is 14.7 Å². The zero-order valence-corrected chi connectivity index (χ0v) is 15.0. The van der Waals surface area contributed by atoms with Crippen LogP contribution in [0.1, 0.15) is 5.56 Å². The summed E-state index contributed by atoms with van der Waals surface area (Å²) in [4.78, 5) is 10.9. The molecular weight excluding hydrogens is 356 g/mol. The number of aromatic nitrogens is 1. The highest BCUT2D eigenvalue weighted by atomic mass is 35.5. The molecule has 1 aromatic carbocycles. The molecular formula is C18H21ClN4O3. The van der Waals surface area contributed by atoms with Crippen LogP contribution in [0, 0.1) is 0 Å². The minimum atomic E-state index is 0.379. The van der Waals surface area contributed by atoms with Gasteiger partial charge in [0.25, 0.3) is 0 Å². The third kappa shape index (κ3) is 5.40. The highest BCUT2D eigenvalue weighted by Gasteiger charge is 2.10. The average molecular weight is 377 g/mol. The van der Waals surface area contributed by atoms with Gasteiger partial charge in [0.05, 0.1) is 19.8 Å². The van der Waals surface area contributed by atoms with E-state index in [-0.39, 0.29) is 0 Å². The van der Waals surface area contributed by atoms with Crippen LogP contribution in [0.4, 0.5) is 0 Å². The van der Waals surface area contributed by atoms with E-state index < -0.39 is 0 Å². The van der Waals surface area contributed by atoms with Crippen molar-refractivity contribution in [1.82, 2.24) is 15.4 Å². The van der Waals surface area contributed by atoms with Gasteiger partial charge in [0.1, 0.15) is 5.75 Å². The topological polar surface area (TPSA) is 79.2 Å². The molecule has 0 spiro atoms. The maximum atomic E-state index is 9.36. The van der Waals surface area contributed by atoms with Gasteiger partial charge in [-0.3, -0.25) is 20.6 Å². The largest absolute Gasteiger partial charge is 0.439 e. The summed E-state index contributed by atoms with van der Waals surface area (Å²) in [6.45, 7) is 4.73. The number of aliphatic imine (C=N–C) groups is 1. The minimum absolute atomic E-state index is 0.379. The second-order valence-corrected chi connectivity index (χ2v) is 6.17. The molecule has 7 nitrogen and oxygen atoms in total. The molecule has 2 heterocycles. The normalized spacial score (nSPS) is 15.7. The highest BCUT2D eigenvalue weighted by molar-refractivity contribution is 6.30. The number of pyridine rings is 1. The van der Waals surface area contributed by atoms with Crippen molar-refractivity contribution in [2.75, 3.05) is 39.4 Å². The minimum Gasteiger partial charge on any atom is -0.439 e. The third-order valence-electron chi connectivity index (χ3n) is 3.94. The van der Waals surface area contributed by atoms with Crippen molar-refractivity contribution in [2.45, 2.75) is 0 Å². The number of amidine groups is 1. The van der Waals surface area contributed by atoms with E-state index in [0.29, 0.717) is 34.6 Å². The van der Waals surface area contributed by atoms with Gasteiger partial charge in [0, 0.05) is 42.5 Å². The SMILES string of the molecule is ONC(=NCCN1CCOCC1)c1ccc(Oc2ccc(Cl)cc2)nc1. The zero-order valence-electron chi connectivity index (χ0n) is 14.3. The van der Waals surface area contributed by atoms with Crippen molar-refractivity contribution in [3.8, 4) is 11.6 Å². The Labute approximate surface area is 157 Å². The summed E-state index contributed by atoms with van der Waals surface area (Å²) in [6.07, 6.45) is 1.60. The second kappa shape index (κ2) is 9.49. The Morgan fingerprint density at radius 2 is 2.00 bits per heavy atom. The van der Waals surface area contributed by atoms with Gasteiger partial charge in [0.15, 0.2) is 5.84 Å². The summed E-state index contributed by atoms with van der Waals surface area (Å²) in [5, 5.41) is 10.0. The molecule has 1 aromatic heterocycles. The first-order valence-corrected chi connectivity index (χ1v) is 8.77. The molecule has 0 unspecified atom stereocenters. The first kappa shape index (κ1) is 18.6. The van der Waals surface area contributed by atoms with Gasteiger partial charge < -0.3 is 9.47 Å². The molecule has 0 bridgehead atoms. The van der Waals surface area contributed by atoms with Crippen LogP contribution in [0.25, 0.3) is 0 Å². The molecule has 26 heavy (non-hydrogen) atoms. The molecule has 1 fully saturated rings. The summed E-state index contributed by atoms with van der Waals surface area (Å²) < 4.78 is 11.0. The fourth-order valence-corrected chi connectivity index (χ4v) is 2.65. The number of morpholine rings is 1. The molecule has 2 aromatic rings. The smallest absolute Gasteiger partial charge is 0.219 e. The molecule has 0 saturated carbocycles. The van der Waals surface area contributed by atoms with E-state index in [1.807, 2.05) is 0 Å². The molecule has 0 atom stereocenters. The fourth-order valence-electron chi connectivity index (χ4n) is 2.52. The first-order valence-electron chi connectivity index (χ1n) is 8.39. The van der Waals surface area contributed by atoms with Crippen LogP contribution in [0.15, 0.2) is 47.6 Å². The van der Waals surface area contributed by atoms with E-state index in [1.54, 1.807) is 42.6 Å². The number of nitrogens with zero attached hydrogens (tertiary/aromatic N) is 3. The molecule has 1 saturated heterocycles. The number of hydroxylamine groups is 1. The summed E-state index contributed by atoms with van der Waals surface area (Å²) in [6, 6.07) is 10.5. The Kier molecular flexibility index (Phi) is 6.79. The maximum absolute atomic E-state index is 9.36. The summed E-state index contributed by atoms with van der Waals surface area (Å²) in [5.74, 6) is 1.47. The zero-order chi connectivity index (χ0) is 18.2. The van der Waals surface area contributed by atoms with E-state index in [0.717, 1.165) is 32.8 Å². The average Bonchev–Trinajstić information content (AvgIpc) is 2.69. The number of ether oxygens (including phenoxy) is 2. The van der Waals surface area contributed by atoms with E-state index >= 15 is 0 Å². The van der Waals surface area contributed by atoms with Crippen molar-refractivity contribution in [3.63, 3.8) is 0 Å². The Hall–Kier alpha value is -2.19. The van der Waals surface area contributed by atoms with Crippen LogP contribution in [0.2, 0.25) is 5.02 Å². The number of nitrogens with one attached hydrogen (secondary N) is 1. The molecule has 0 aliphatic carbocycles. The van der Waals surface area contributed by atoms with Crippen molar-refractivity contribution in [2.24, 2.45) is 4.99 Å². The molecule has 2 N–H and O–H groups in total. The number of rotatable bonds is 6. The monoisotopic (exact) mass is 376 g/mol. The van der Waals surface area contributed by atoms with Crippen LogP contribution in [0.5, 0.6) is 11.6 Å².